The molecular formula is C20H23NO4. The Morgan fingerprint density at radius 3 is 2.52 bits per heavy atom. The number of ketones is 1. The van der Waals surface area contributed by atoms with Gasteiger partial charge >= 0.3 is 5.97 Å². The van der Waals surface area contributed by atoms with Crippen molar-refractivity contribution in [3.63, 3.8) is 0 Å². The number of carbonyl (C=O) groups excluding carboxylic acids is 2. The smallest absolute Gasteiger partial charge is 0.374 e. The fourth-order valence-electron chi connectivity index (χ4n) is 3.33. The van der Waals surface area contributed by atoms with Crippen LogP contribution in [0.15, 0.2) is 40.8 Å². The summed E-state index contributed by atoms with van der Waals surface area (Å²) in [6, 6.07) is 11.4. The maximum absolute atomic E-state index is 12.5. The van der Waals surface area contributed by atoms with E-state index in [-0.39, 0.29) is 17.5 Å². The van der Waals surface area contributed by atoms with Crippen molar-refractivity contribution in [2.75, 3.05) is 20.2 Å². The number of methoxy groups -OCH3 is 1. The zero-order valence-electron chi connectivity index (χ0n) is 14.7. The van der Waals surface area contributed by atoms with E-state index < -0.39 is 5.97 Å². The summed E-state index contributed by atoms with van der Waals surface area (Å²) in [5.74, 6) is 0.901. The molecule has 3 rings (SSSR count). The highest BCUT2D eigenvalue weighted by molar-refractivity contribution is 5.97. The van der Waals surface area contributed by atoms with Crippen molar-refractivity contribution < 1.29 is 18.7 Å². The van der Waals surface area contributed by atoms with Crippen molar-refractivity contribution in [1.82, 2.24) is 4.90 Å². The Labute approximate surface area is 147 Å². The van der Waals surface area contributed by atoms with Gasteiger partial charge in [-0.25, -0.2) is 4.79 Å². The molecule has 0 unspecified atom stereocenters. The van der Waals surface area contributed by atoms with Crippen molar-refractivity contribution in [2.45, 2.75) is 26.3 Å². The predicted octanol–water partition coefficient (Wildman–Crippen LogP) is 3.47. The minimum absolute atomic E-state index is 0.0858. The number of nitrogens with zero attached hydrogens (tertiary/aromatic N) is 1. The van der Waals surface area contributed by atoms with Crippen molar-refractivity contribution >= 4 is 11.8 Å². The van der Waals surface area contributed by atoms with Gasteiger partial charge in [0.05, 0.1) is 13.7 Å². The summed E-state index contributed by atoms with van der Waals surface area (Å²) in [6.07, 6.45) is 1.69. The van der Waals surface area contributed by atoms with Gasteiger partial charge in [-0.2, -0.15) is 0 Å². The number of hydrogen-bond acceptors (Lipinski definition) is 5. The van der Waals surface area contributed by atoms with Crippen LogP contribution < -0.4 is 0 Å². The highest BCUT2D eigenvalue weighted by atomic mass is 16.5. The van der Waals surface area contributed by atoms with E-state index in [9.17, 15) is 9.59 Å². The van der Waals surface area contributed by atoms with Gasteiger partial charge in [-0.1, -0.05) is 30.3 Å². The minimum atomic E-state index is -0.448. The fourth-order valence-corrected chi connectivity index (χ4v) is 3.33. The van der Waals surface area contributed by atoms with Gasteiger partial charge in [-0.15, -0.1) is 0 Å². The first-order valence-corrected chi connectivity index (χ1v) is 8.57. The largest absolute Gasteiger partial charge is 0.463 e. The third-order valence-electron chi connectivity index (χ3n) is 4.74. The third-order valence-corrected chi connectivity index (χ3v) is 4.74. The lowest BCUT2D eigenvalue weighted by Gasteiger charge is -2.30. The zero-order valence-corrected chi connectivity index (χ0v) is 14.7. The molecule has 1 fully saturated rings. The van der Waals surface area contributed by atoms with Crippen LogP contribution in [0, 0.1) is 12.8 Å². The number of rotatable bonds is 5. The molecule has 0 saturated carbocycles. The molecule has 0 N–H and O–H groups in total. The van der Waals surface area contributed by atoms with Gasteiger partial charge in [-0.05, 0) is 38.9 Å². The van der Waals surface area contributed by atoms with Gasteiger partial charge in [0.25, 0.3) is 0 Å². The molecule has 0 amide bonds. The molecule has 1 aromatic heterocycles. The average molecular weight is 341 g/mol. The van der Waals surface area contributed by atoms with Gasteiger partial charge in [0, 0.05) is 17.0 Å². The molecule has 1 aromatic carbocycles. The number of likely N-dealkylation sites (tertiary alicyclic amines) is 1. The van der Waals surface area contributed by atoms with E-state index in [0.29, 0.717) is 6.54 Å². The molecule has 0 aliphatic carbocycles. The lowest BCUT2D eigenvalue weighted by Crippen LogP contribution is -2.35. The van der Waals surface area contributed by atoms with Crippen LogP contribution >= 0.6 is 0 Å². The first-order valence-electron chi connectivity index (χ1n) is 8.57. The summed E-state index contributed by atoms with van der Waals surface area (Å²) in [4.78, 5) is 26.4. The van der Waals surface area contributed by atoms with E-state index in [1.54, 1.807) is 0 Å². The number of furan rings is 1. The van der Waals surface area contributed by atoms with Gasteiger partial charge < -0.3 is 9.15 Å². The van der Waals surface area contributed by atoms with Gasteiger partial charge in [0.15, 0.2) is 5.78 Å². The second kappa shape index (κ2) is 7.66. The van der Waals surface area contributed by atoms with Crippen LogP contribution in [-0.4, -0.2) is 36.9 Å². The van der Waals surface area contributed by atoms with Crippen LogP contribution in [-0.2, 0) is 11.3 Å². The summed E-state index contributed by atoms with van der Waals surface area (Å²) in [6.45, 7) is 4.17. The van der Waals surface area contributed by atoms with Gasteiger partial charge in [0.1, 0.15) is 5.76 Å². The lowest BCUT2D eigenvalue weighted by atomic mass is 9.89. The molecule has 2 aromatic rings. The topological polar surface area (TPSA) is 59.8 Å². The van der Waals surface area contributed by atoms with Gasteiger partial charge in [0.2, 0.25) is 5.76 Å². The van der Waals surface area contributed by atoms with Crippen LogP contribution in [0.4, 0.5) is 0 Å². The Morgan fingerprint density at radius 2 is 1.88 bits per heavy atom. The van der Waals surface area contributed by atoms with Crippen molar-refractivity contribution in [3.05, 3.63) is 59.0 Å². The second-order valence-corrected chi connectivity index (χ2v) is 6.50. The maximum Gasteiger partial charge on any atom is 0.374 e. The summed E-state index contributed by atoms with van der Waals surface area (Å²) < 4.78 is 10.3. The maximum atomic E-state index is 12.5. The Kier molecular flexibility index (Phi) is 5.34. The van der Waals surface area contributed by atoms with Crippen LogP contribution in [0.25, 0.3) is 0 Å². The first-order chi connectivity index (χ1) is 12.1. The molecule has 25 heavy (non-hydrogen) atoms. The van der Waals surface area contributed by atoms with Crippen LogP contribution in [0.5, 0.6) is 0 Å². The van der Waals surface area contributed by atoms with Crippen molar-refractivity contribution in [1.29, 1.82) is 0 Å². The number of esters is 1. The molecule has 5 nitrogen and oxygen atoms in total. The number of benzene rings is 1. The monoisotopic (exact) mass is 341 g/mol. The lowest BCUT2D eigenvalue weighted by molar-refractivity contribution is 0.0557. The quantitative estimate of drug-likeness (QED) is 0.616. The summed E-state index contributed by atoms with van der Waals surface area (Å²) >= 11 is 0. The Hall–Kier alpha value is -2.40. The van der Waals surface area contributed by atoms with Crippen molar-refractivity contribution in [2.24, 2.45) is 5.92 Å². The van der Waals surface area contributed by atoms with E-state index in [1.807, 2.05) is 43.3 Å². The first kappa shape index (κ1) is 17.4. The standard InChI is InChI=1S/C20H23NO4/c1-14-12-17(25-19(14)20(23)24-2)13-21-10-8-16(9-11-21)18(22)15-6-4-3-5-7-15/h3-7,12,16H,8-11,13H2,1-2H3. The number of piperidine rings is 1. The number of Topliss-reactive ketones (excluding diaryl/α,β-unsaturated/α-hetero) is 1. The molecule has 0 radical (unpaired) electrons. The summed E-state index contributed by atoms with van der Waals surface area (Å²) in [5.41, 5.74) is 1.58. The predicted molar refractivity (Wildman–Crippen MR) is 93.6 cm³/mol. The average Bonchev–Trinajstić information content (AvgIpc) is 3.02. The third kappa shape index (κ3) is 3.99. The minimum Gasteiger partial charge on any atom is -0.463 e. The molecule has 1 aliphatic rings. The molecule has 5 heteroatoms. The number of carbonyl (C=O) groups is 2. The molecule has 2 heterocycles. The molecule has 132 valence electrons. The zero-order chi connectivity index (χ0) is 17.8. The highest BCUT2D eigenvalue weighted by Gasteiger charge is 2.26. The van der Waals surface area contributed by atoms with E-state index in [2.05, 4.69) is 4.90 Å². The Morgan fingerprint density at radius 1 is 1.20 bits per heavy atom. The number of ether oxygens (including phenoxy) is 1. The summed E-state index contributed by atoms with van der Waals surface area (Å²) in [5, 5.41) is 0. The van der Waals surface area contributed by atoms with Crippen LogP contribution in [0.3, 0.4) is 0 Å². The fraction of sp³-hybridized carbons (Fsp3) is 0.400. The molecule has 0 bridgehead atoms. The molecule has 1 aliphatic heterocycles. The molecule has 0 atom stereocenters. The normalized spacial score (nSPS) is 15.9. The molecule has 1 saturated heterocycles. The Bertz CT molecular complexity index is 742. The second-order valence-electron chi connectivity index (χ2n) is 6.50. The van der Waals surface area contributed by atoms with Crippen molar-refractivity contribution in [3.8, 4) is 0 Å². The van der Waals surface area contributed by atoms with E-state index >= 15 is 0 Å². The Balaban J connectivity index is 1.56. The molecular weight excluding hydrogens is 318 g/mol. The molecule has 0 spiro atoms. The van der Waals surface area contributed by atoms with Crippen LogP contribution in [0.2, 0.25) is 0 Å². The summed E-state index contributed by atoms with van der Waals surface area (Å²) in [7, 11) is 1.35. The van der Waals surface area contributed by atoms with Gasteiger partial charge in [-0.3, -0.25) is 9.69 Å². The SMILES string of the molecule is COC(=O)c1oc(CN2CCC(C(=O)c3ccccc3)CC2)cc1C. The van der Waals surface area contributed by atoms with E-state index in [1.165, 1.54) is 7.11 Å². The van der Waals surface area contributed by atoms with E-state index in [4.69, 9.17) is 9.15 Å². The highest BCUT2D eigenvalue weighted by Crippen LogP contribution is 2.24. The van der Waals surface area contributed by atoms with Crippen LogP contribution in [0.1, 0.15) is 45.1 Å². The van der Waals surface area contributed by atoms with E-state index in [0.717, 1.165) is 42.8 Å². The number of hydrogen-bond donors (Lipinski definition) is 0. The number of aryl methyl sites for hydroxylation is 1.